The molecule has 0 fully saturated rings. The van der Waals surface area contributed by atoms with Crippen LogP contribution in [0.15, 0.2) is 40.7 Å². The van der Waals surface area contributed by atoms with Crippen molar-refractivity contribution >= 4 is 11.9 Å². The molecule has 36 heavy (non-hydrogen) atoms. The highest BCUT2D eigenvalue weighted by Gasteiger charge is 2.37. The summed E-state index contributed by atoms with van der Waals surface area (Å²) in [6.07, 6.45) is 0.691. The summed E-state index contributed by atoms with van der Waals surface area (Å²) in [5.41, 5.74) is 1.87. The summed E-state index contributed by atoms with van der Waals surface area (Å²) in [5, 5.41) is 26.3. The second kappa shape index (κ2) is 13.9. The Hall–Kier alpha value is -3.04. The van der Waals surface area contributed by atoms with Crippen LogP contribution >= 0.6 is 0 Å². The molecule has 0 radical (unpaired) electrons. The summed E-state index contributed by atoms with van der Waals surface area (Å²) < 4.78 is 17.3. The minimum Gasteiger partial charge on any atom is -0.487 e. The van der Waals surface area contributed by atoms with E-state index in [1.54, 1.807) is 32.0 Å². The van der Waals surface area contributed by atoms with E-state index in [0.717, 1.165) is 19.4 Å². The first-order valence-electron chi connectivity index (χ1n) is 12.5. The topological polar surface area (TPSA) is 126 Å². The molecule has 1 aromatic rings. The molecule has 0 saturated carbocycles. The minimum absolute atomic E-state index is 0.0571. The number of allylic oxidation sites excluding steroid dienone is 2. The molecule has 9 heteroatoms. The molecule has 1 aliphatic rings. The molecule has 0 bridgehead atoms. The van der Waals surface area contributed by atoms with E-state index in [1.165, 1.54) is 0 Å². The van der Waals surface area contributed by atoms with Crippen molar-refractivity contribution in [3.05, 3.63) is 46.3 Å². The number of hydrogen-bond acceptors (Lipinski definition) is 8. The van der Waals surface area contributed by atoms with Gasteiger partial charge in [0, 0.05) is 17.9 Å². The number of likely N-dealkylation sites (N-methyl/N-ethyl adjacent to an activating group) is 1. The number of hydrogen-bond donors (Lipinski definition) is 4. The van der Waals surface area contributed by atoms with Gasteiger partial charge in [-0.2, -0.15) is 0 Å². The Morgan fingerprint density at radius 2 is 1.81 bits per heavy atom. The first kappa shape index (κ1) is 29.2. The molecule has 4 N–H and O–H groups in total. The van der Waals surface area contributed by atoms with Crippen molar-refractivity contribution in [3.63, 3.8) is 0 Å². The lowest BCUT2D eigenvalue weighted by atomic mass is 9.80. The smallest absolute Gasteiger partial charge is 0.336 e. The lowest BCUT2D eigenvalue weighted by Gasteiger charge is -2.30. The van der Waals surface area contributed by atoms with E-state index in [4.69, 9.17) is 14.2 Å². The van der Waals surface area contributed by atoms with Crippen LogP contribution in [-0.2, 0) is 14.3 Å². The van der Waals surface area contributed by atoms with Crippen LogP contribution in [0.2, 0.25) is 0 Å². The number of aliphatic hydroxyl groups is 1. The van der Waals surface area contributed by atoms with Gasteiger partial charge in [-0.15, -0.1) is 0 Å². The van der Waals surface area contributed by atoms with E-state index >= 15 is 0 Å². The third-order valence-electron chi connectivity index (χ3n) is 5.67. The number of rotatable bonds is 14. The lowest BCUT2D eigenvalue weighted by Crippen LogP contribution is -2.32. The predicted octanol–water partition coefficient (Wildman–Crippen LogP) is 3.49. The second-order valence-corrected chi connectivity index (χ2v) is 9.08. The maximum Gasteiger partial charge on any atom is 0.336 e. The maximum atomic E-state index is 13.1. The first-order chi connectivity index (χ1) is 17.1. The van der Waals surface area contributed by atoms with E-state index < -0.39 is 24.0 Å². The fourth-order valence-corrected chi connectivity index (χ4v) is 3.99. The quantitative estimate of drug-likeness (QED) is 0.222. The molecule has 0 spiro atoms. The zero-order valence-electron chi connectivity index (χ0n) is 22.1. The number of unbranched alkanes of at least 4 members (excludes halogenated alkanes) is 1. The van der Waals surface area contributed by atoms with Crippen molar-refractivity contribution in [2.24, 2.45) is 0 Å². The molecule has 2 rings (SSSR count). The number of carboxylic acid groups (broad SMARTS) is 1. The van der Waals surface area contributed by atoms with Gasteiger partial charge in [-0.25, -0.2) is 9.59 Å². The predicted molar refractivity (Wildman–Crippen MR) is 137 cm³/mol. The Kier molecular flexibility index (Phi) is 11.3. The number of nitrogens with one attached hydrogen (secondary N) is 2. The molecule has 0 aliphatic carbocycles. The highest BCUT2D eigenvalue weighted by molar-refractivity contribution is 5.99. The summed E-state index contributed by atoms with van der Waals surface area (Å²) >= 11 is 0. The molecule has 1 aromatic carbocycles. The van der Waals surface area contributed by atoms with Crippen LogP contribution in [0.25, 0.3) is 0 Å². The third-order valence-corrected chi connectivity index (χ3v) is 5.67. The Balaban J connectivity index is 2.50. The van der Waals surface area contributed by atoms with Gasteiger partial charge in [0.25, 0.3) is 0 Å². The van der Waals surface area contributed by atoms with Crippen LogP contribution in [0, 0.1) is 0 Å². The molecule has 1 heterocycles. The van der Waals surface area contributed by atoms with Gasteiger partial charge in [0.1, 0.15) is 12.7 Å². The van der Waals surface area contributed by atoms with E-state index in [2.05, 4.69) is 10.6 Å². The van der Waals surface area contributed by atoms with Crippen LogP contribution in [0.1, 0.15) is 65.9 Å². The number of carboxylic acids is 1. The number of carbonyl (C=O) groups is 2. The molecule has 1 aliphatic heterocycles. The molecular formula is C27H40N2O7. The lowest BCUT2D eigenvalue weighted by molar-refractivity contribution is -0.139. The van der Waals surface area contributed by atoms with Crippen molar-refractivity contribution in [2.75, 3.05) is 26.3 Å². The van der Waals surface area contributed by atoms with Crippen LogP contribution in [0.4, 0.5) is 0 Å². The molecule has 0 saturated heterocycles. The van der Waals surface area contributed by atoms with Crippen molar-refractivity contribution < 1.29 is 34.0 Å². The second-order valence-electron chi connectivity index (χ2n) is 9.08. The molecule has 9 nitrogen and oxygen atoms in total. The monoisotopic (exact) mass is 504 g/mol. The molecular weight excluding hydrogens is 464 g/mol. The van der Waals surface area contributed by atoms with Gasteiger partial charge in [-0.3, -0.25) is 0 Å². The van der Waals surface area contributed by atoms with Crippen molar-refractivity contribution in [1.82, 2.24) is 10.6 Å². The van der Waals surface area contributed by atoms with Gasteiger partial charge in [0.2, 0.25) is 0 Å². The van der Waals surface area contributed by atoms with Crippen LogP contribution in [0.5, 0.6) is 11.5 Å². The average molecular weight is 505 g/mol. The van der Waals surface area contributed by atoms with E-state index in [0.29, 0.717) is 35.0 Å². The number of ether oxygens (including phenoxy) is 3. The Morgan fingerprint density at radius 1 is 1.11 bits per heavy atom. The Labute approximate surface area is 213 Å². The third kappa shape index (κ3) is 7.73. The number of benzene rings is 1. The Morgan fingerprint density at radius 3 is 2.42 bits per heavy atom. The van der Waals surface area contributed by atoms with E-state index in [9.17, 15) is 19.8 Å². The van der Waals surface area contributed by atoms with Gasteiger partial charge in [-0.05, 0) is 58.4 Å². The molecule has 2 unspecified atom stereocenters. The zero-order valence-corrected chi connectivity index (χ0v) is 22.1. The standard InChI is InChI=1S/C27H40N2O7/c1-7-9-12-34-27(33)24-18(6)29-17(5)23(26(31)32)25(24)19-10-11-21(22(13-19)36-16(3)4)35-15-20(30)14-28-8-2/h10-11,13,16,20,25,28-30H,7-9,12,14-15H2,1-6H3,(H,31,32). The van der Waals surface area contributed by atoms with Gasteiger partial charge in [0.15, 0.2) is 11.5 Å². The minimum atomic E-state index is -1.13. The Bertz CT molecular complexity index is 984. The number of aliphatic carboxylic acids is 1. The van der Waals surface area contributed by atoms with Gasteiger partial charge >= 0.3 is 11.9 Å². The van der Waals surface area contributed by atoms with E-state index in [1.807, 2.05) is 27.7 Å². The van der Waals surface area contributed by atoms with E-state index in [-0.39, 0.29) is 30.5 Å². The highest BCUT2D eigenvalue weighted by atomic mass is 16.5. The van der Waals surface area contributed by atoms with Crippen LogP contribution in [-0.4, -0.2) is 60.7 Å². The normalized spacial score (nSPS) is 16.6. The summed E-state index contributed by atoms with van der Waals surface area (Å²) in [6, 6.07) is 5.10. The van der Waals surface area contributed by atoms with Gasteiger partial charge in [-0.1, -0.05) is 26.3 Å². The van der Waals surface area contributed by atoms with Crippen LogP contribution in [0.3, 0.4) is 0 Å². The number of carbonyl (C=O) groups excluding carboxylic acids is 1. The molecule has 200 valence electrons. The van der Waals surface area contributed by atoms with Gasteiger partial charge in [0.05, 0.1) is 29.8 Å². The molecule has 0 aromatic heterocycles. The fraction of sp³-hybridized carbons (Fsp3) is 0.556. The highest BCUT2D eigenvalue weighted by Crippen LogP contribution is 2.42. The fourth-order valence-electron chi connectivity index (χ4n) is 3.99. The van der Waals surface area contributed by atoms with Gasteiger partial charge < -0.3 is 35.1 Å². The summed E-state index contributed by atoms with van der Waals surface area (Å²) in [4.78, 5) is 25.4. The van der Waals surface area contributed by atoms with Crippen molar-refractivity contribution in [3.8, 4) is 11.5 Å². The van der Waals surface area contributed by atoms with Crippen LogP contribution < -0.4 is 20.1 Å². The number of dihydropyridines is 1. The number of esters is 1. The maximum absolute atomic E-state index is 13.1. The zero-order chi connectivity index (χ0) is 26.8. The molecule has 2 atom stereocenters. The molecule has 0 amide bonds. The largest absolute Gasteiger partial charge is 0.487 e. The number of aliphatic hydroxyl groups excluding tert-OH is 1. The summed E-state index contributed by atoms with van der Waals surface area (Å²) in [5.74, 6) is -1.73. The van der Waals surface area contributed by atoms with Crippen molar-refractivity contribution in [1.29, 1.82) is 0 Å². The summed E-state index contributed by atoms with van der Waals surface area (Å²) in [6.45, 7) is 12.5. The van der Waals surface area contributed by atoms with Crippen molar-refractivity contribution in [2.45, 2.75) is 72.5 Å². The first-order valence-corrected chi connectivity index (χ1v) is 12.5. The summed E-state index contributed by atoms with van der Waals surface area (Å²) in [7, 11) is 0. The SMILES string of the molecule is CCCCOC(=O)C1=C(C)NC(C)=C(C(=O)O)C1c1ccc(OCC(O)CNCC)c(OC(C)C)c1. The average Bonchev–Trinajstić information content (AvgIpc) is 2.80.